The summed E-state index contributed by atoms with van der Waals surface area (Å²) in [6.45, 7) is 0. The molecule has 4 rings (SSSR count). The lowest BCUT2D eigenvalue weighted by molar-refractivity contribution is -0.153. The molecule has 0 spiro atoms. The van der Waals surface area contributed by atoms with Crippen molar-refractivity contribution in [3.05, 3.63) is 12.2 Å². The maximum absolute atomic E-state index is 11.7. The summed E-state index contributed by atoms with van der Waals surface area (Å²) in [7, 11) is 0. The number of esters is 1. The predicted octanol–water partition coefficient (Wildman–Crippen LogP) is 0.681. The summed E-state index contributed by atoms with van der Waals surface area (Å²) in [6, 6.07) is 0. The van der Waals surface area contributed by atoms with Gasteiger partial charge in [-0.25, -0.2) is 0 Å². The molecule has 3 fully saturated rings. The molecule has 0 unspecified atom stereocenters. The highest BCUT2D eigenvalue weighted by Gasteiger charge is 2.68. The summed E-state index contributed by atoms with van der Waals surface area (Å²) in [5.74, 6) is -1.02. The first-order chi connectivity index (χ1) is 7.68. The molecule has 0 radical (unpaired) electrons. The highest BCUT2D eigenvalue weighted by molar-refractivity contribution is 5.85. The van der Waals surface area contributed by atoms with E-state index in [1.165, 1.54) is 0 Å². The fourth-order valence-corrected chi connectivity index (χ4v) is 4.55. The van der Waals surface area contributed by atoms with Gasteiger partial charge in [0, 0.05) is 5.92 Å². The Hall–Kier alpha value is -1.32. The Balaban J connectivity index is 1.85. The molecule has 0 aromatic heterocycles. The van der Waals surface area contributed by atoms with E-state index in [-0.39, 0.29) is 29.8 Å². The number of rotatable bonds is 1. The zero-order chi connectivity index (χ0) is 11.0. The zero-order valence-corrected chi connectivity index (χ0v) is 8.58. The van der Waals surface area contributed by atoms with Crippen molar-refractivity contribution in [3.63, 3.8) is 0 Å². The van der Waals surface area contributed by atoms with E-state index in [1.807, 2.05) is 6.08 Å². The summed E-state index contributed by atoms with van der Waals surface area (Å²) in [4.78, 5) is 23.0. The van der Waals surface area contributed by atoms with Gasteiger partial charge in [-0.1, -0.05) is 12.2 Å². The summed E-state index contributed by atoms with van der Waals surface area (Å²) in [6.07, 6.45) is 5.05. The topological polar surface area (TPSA) is 63.6 Å². The van der Waals surface area contributed by atoms with Crippen LogP contribution in [0.3, 0.4) is 0 Å². The van der Waals surface area contributed by atoms with Crippen molar-refractivity contribution in [2.75, 3.05) is 0 Å². The van der Waals surface area contributed by atoms with Crippen LogP contribution in [-0.4, -0.2) is 23.1 Å². The van der Waals surface area contributed by atoms with E-state index >= 15 is 0 Å². The third kappa shape index (κ3) is 0.761. The average molecular weight is 220 g/mol. The third-order valence-electron chi connectivity index (χ3n) is 4.94. The number of carboxylic acid groups (broad SMARTS) is 1. The normalized spacial score (nSPS) is 55.5. The highest BCUT2D eigenvalue weighted by atomic mass is 16.6. The van der Waals surface area contributed by atoms with E-state index in [2.05, 4.69) is 6.08 Å². The van der Waals surface area contributed by atoms with Gasteiger partial charge >= 0.3 is 11.9 Å². The van der Waals surface area contributed by atoms with Gasteiger partial charge in [0.1, 0.15) is 6.10 Å². The molecule has 1 N–H and O–H groups in total. The van der Waals surface area contributed by atoms with Gasteiger partial charge in [-0.2, -0.15) is 0 Å². The monoisotopic (exact) mass is 220 g/mol. The molecule has 4 nitrogen and oxygen atoms in total. The molecule has 0 aromatic rings. The van der Waals surface area contributed by atoms with Crippen molar-refractivity contribution in [1.29, 1.82) is 0 Å². The van der Waals surface area contributed by atoms with Crippen molar-refractivity contribution >= 4 is 11.9 Å². The molecular formula is C12H12O4. The molecule has 1 heterocycles. The molecule has 16 heavy (non-hydrogen) atoms. The number of carbonyl (C=O) groups is 2. The van der Waals surface area contributed by atoms with Crippen molar-refractivity contribution in [1.82, 2.24) is 0 Å². The molecule has 1 aliphatic heterocycles. The van der Waals surface area contributed by atoms with E-state index in [1.54, 1.807) is 0 Å². The van der Waals surface area contributed by atoms with E-state index in [0.717, 1.165) is 6.42 Å². The van der Waals surface area contributed by atoms with Gasteiger partial charge < -0.3 is 9.84 Å². The summed E-state index contributed by atoms with van der Waals surface area (Å²) < 4.78 is 5.32. The fourth-order valence-electron chi connectivity index (χ4n) is 4.55. The number of hydrogen-bond acceptors (Lipinski definition) is 3. The van der Waals surface area contributed by atoms with E-state index in [0.29, 0.717) is 11.8 Å². The van der Waals surface area contributed by atoms with Crippen LogP contribution in [-0.2, 0) is 14.3 Å². The summed E-state index contributed by atoms with van der Waals surface area (Å²) in [5, 5.41) is 9.28. The molecular weight excluding hydrogens is 208 g/mol. The Morgan fingerprint density at radius 2 is 2.19 bits per heavy atom. The van der Waals surface area contributed by atoms with Gasteiger partial charge in [-0.15, -0.1) is 0 Å². The van der Waals surface area contributed by atoms with Crippen molar-refractivity contribution < 1.29 is 19.4 Å². The number of aliphatic carboxylic acids is 1. The lowest BCUT2D eigenvalue weighted by Crippen LogP contribution is -2.28. The first-order valence-electron chi connectivity index (χ1n) is 5.80. The molecule has 4 heteroatoms. The molecule has 0 aromatic carbocycles. The zero-order valence-electron chi connectivity index (χ0n) is 8.58. The largest absolute Gasteiger partial charge is 0.481 e. The maximum Gasteiger partial charge on any atom is 0.310 e. The van der Waals surface area contributed by atoms with Crippen LogP contribution in [0.2, 0.25) is 0 Å². The van der Waals surface area contributed by atoms with Crippen LogP contribution in [0.5, 0.6) is 0 Å². The second-order valence-electron chi connectivity index (χ2n) is 5.38. The summed E-state index contributed by atoms with van der Waals surface area (Å²) in [5.41, 5.74) is 0. The van der Waals surface area contributed by atoms with Crippen LogP contribution in [0.25, 0.3) is 0 Å². The van der Waals surface area contributed by atoms with Crippen LogP contribution in [0, 0.1) is 35.5 Å². The summed E-state index contributed by atoms with van der Waals surface area (Å²) >= 11 is 0. The number of carboxylic acids is 1. The molecule has 2 saturated carbocycles. The number of carbonyl (C=O) groups excluding carboxylic acids is 1. The molecule has 84 valence electrons. The van der Waals surface area contributed by atoms with Gasteiger partial charge in [0.15, 0.2) is 0 Å². The average Bonchev–Trinajstić information content (AvgIpc) is 2.84. The minimum Gasteiger partial charge on any atom is -0.481 e. The highest BCUT2D eigenvalue weighted by Crippen LogP contribution is 2.63. The fraction of sp³-hybridized carbons (Fsp3) is 0.667. The quantitative estimate of drug-likeness (QED) is 0.521. The van der Waals surface area contributed by atoms with E-state index in [9.17, 15) is 14.7 Å². The van der Waals surface area contributed by atoms with Crippen LogP contribution >= 0.6 is 0 Å². The van der Waals surface area contributed by atoms with Crippen LogP contribution in [0.15, 0.2) is 12.2 Å². The number of ether oxygens (including phenoxy) is 1. The lowest BCUT2D eigenvalue weighted by atomic mass is 9.87. The Bertz CT molecular complexity index is 427. The molecule has 4 aliphatic rings. The van der Waals surface area contributed by atoms with E-state index in [4.69, 9.17) is 4.74 Å². The van der Waals surface area contributed by atoms with Crippen molar-refractivity contribution in [3.8, 4) is 0 Å². The molecule has 1 saturated heterocycles. The third-order valence-corrected chi connectivity index (χ3v) is 4.94. The first kappa shape index (κ1) is 8.79. The second kappa shape index (κ2) is 2.50. The first-order valence-corrected chi connectivity index (χ1v) is 5.80. The minimum atomic E-state index is -0.840. The molecule has 3 aliphatic carbocycles. The van der Waals surface area contributed by atoms with Gasteiger partial charge in [-0.05, 0) is 24.2 Å². The van der Waals surface area contributed by atoms with Crippen LogP contribution in [0.1, 0.15) is 6.42 Å². The second-order valence-corrected chi connectivity index (χ2v) is 5.38. The minimum absolute atomic E-state index is 0.00991. The number of hydrogen-bond donors (Lipinski definition) is 1. The van der Waals surface area contributed by atoms with Crippen molar-refractivity contribution in [2.45, 2.75) is 12.5 Å². The standard InChI is InChI=1S/C12H12O4/c13-11(14)8-5-2-1-4-3-6-9(7(4)5)10(8)12(15)16-6/h1-2,4-10H,3H2,(H,13,14)/t4-,5-,6+,7+,8-,9-,10+/m1/s1. The lowest BCUT2D eigenvalue weighted by Gasteiger charge is -2.16. The van der Waals surface area contributed by atoms with Gasteiger partial charge in [-0.3, -0.25) is 9.59 Å². The molecule has 7 atom stereocenters. The Morgan fingerprint density at radius 1 is 1.38 bits per heavy atom. The Kier molecular flexibility index (Phi) is 1.37. The van der Waals surface area contributed by atoms with Gasteiger partial charge in [0.25, 0.3) is 0 Å². The maximum atomic E-state index is 11.7. The van der Waals surface area contributed by atoms with E-state index < -0.39 is 11.9 Å². The smallest absolute Gasteiger partial charge is 0.310 e. The molecule has 0 amide bonds. The van der Waals surface area contributed by atoms with Crippen molar-refractivity contribution in [2.24, 2.45) is 35.5 Å². The van der Waals surface area contributed by atoms with Crippen LogP contribution < -0.4 is 0 Å². The van der Waals surface area contributed by atoms with Crippen LogP contribution in [0.4, 0.5) is 0 Å². The Labute approximate surface area is 92.3 Å². The number of allylic oxidation sites excluding steroid dienone is 2. The predicted molar refractivity (Wildman–Crippen MR) is 52.2 cm³/mol. The van der Waals surface area contributed by atoms with Gasteiger partial charge in [0.2, 0.25) is 0 Å². The van der Waals surface area contributed by atoms with Gasteiger partial charge in [0.05, 0.1) is 11.8 Å². The SMILES string of the molecule is O=C(O)[C@@H]1[C@@H]2C=C[C@@H]3C[C@@H]4OC(=O)[C@@H]1[C@H]4[C@H]23. The molecule has 0 bridgehead atoms. The Morgan fingerprint density at radius 3 is 2.94 bits per heavy atom.